The molecule has 0 radical (unpaired) electrons. The summed E-state index contributed by atoms with van der Waals surface area (Å²) in [4.78, 5) is 16.0. The van der Waals surface area contributed by atoms with Crippen molar-refractivity contribution in [1.29, 1.82) is 0 Å². The van der Waals surface area contributed by atoms with Gasteiger partial charge in [-0.2, -0.15) is 0 Å². The molecule has 90 valence electrons. The van der Waals surface area contributed by atoms with Crippen LogP contribution in [0.25, 0.3) is 10.9 Å². The van der Waals surface area contributed by atoms with Crippen LogP contribution >= 0.6 is 11.6 Å². The minimum Gasteiger partial charge on any atom is -0.348 e. The minimum atomic E-state index is -0.163. The Bertz CT molecular complexity index is 694. The van der Waals surface area contributed by atoms with Gasteiger partial charge in [0, 0.05) is 11.6 Å². The van der Waals surface area contributed by atoms with Gasteiger partial charge in [0.25, 0.3) is 5.91 Å². The molecular formula is C13H10ClN3O. The number of nitrogens with zero attached hydrogens (tertiary/aromatic N) is 1. The van der Waals surface area contributed by atoms with Crippen LogP contribution in [0, 0.1) is 0 Å². The maximum Gasteiger partial charge on any atom is 0.271 e. The molecule has 1 aromatic carbocycles. The van der Waals surface area contributed by atoms with Gasteiger partial charge in [-0.1, -0.05) is 23.7 Å². The lowest BCUT2D eigenvalue weighted by molar-refractivity contribution is -0.112. The van der Waals surface area contributed by atoms with Crippen molar-refractivity contribution in [2.24, 2.45) is 0 Å². The van der Waals surface area contributed by atoms with E-state index in [1.54, 1.807) is 19.2 Å². The van der Waals surface area contributed by atoms with Gasteiger partial charge in [0.2, 0.25) is 0 Å². The number of benzene rings is 1. The molecule has 0 atom stereocenters. The average Bonchev–Trinajstić information content (AvgIpc) is 2.38. The van der Waals surface area contributed by atoms with E-state index >= 15 is 0 Å². The third-order valence-electron chi connectivity index (χ3n) is 2.88. The van der Waals surface area contributed by atoms with E-state index in [1.807, 2.05) is 18.2 Å². The molecule has 2 N–H and O–H groups in total. The minimum absolute atomic E-state index is 0.163. The Morgan fingerprint density at radius 2 is 2.22 bits per heavy atom. The molecule has 5 heteroatoms. The first-order valence-corrected chi connectivity index (χ1v) is 5.90. The first kappa shape index (κ1) is 11.0. The molecule has 4 nitrogen and oxygen atoms in total. The second-order valence-corrected chi connectivity index (χ2v) is 4.35. The molecule has 0 fully saturated rings. The fourth-order valence-corrected chi connectivity index (χ4v) is 2.29. The monoisotopic (exact) mass is 259 g/mol. The number of rotatable bonds is 0. The molecule has 0 bridgehead atoms. The lowest BCUT2D eigenvalue weighted by Gasteiger charge is -2.22. The van der Waals surface area contributed by atoms with Crippen LogP contribution in [-0.4, -0.2) is 10.9 Å². The van der Waals surface area contributed by atoms with Crippen molar-refractivity contribution in [3.63, 3.8) is 0 Å². The quantitative estimate of drug-likeness (QED) is 0.715. The second kappa shape index (κ2) is 3.99. The van der Waals surface area contributed by atoms with Gasteiger partial charge in [-0.05, 0) is 19.1 Å². The standard InChI is InChI=1S/C13H10ClN3O/c1-2-8-13(18)17-9-6-7-4-3-5-15-11(7)10(14)12(9)16-8/h2-6,16H,1H3,(H,17,18)/b8-2+. The highest BCUT2D eigenvalue weighted by Crippen LogP contribution is 2.39. The third kappa shape index (κ3) is 1.54. The normalized spacial score (nSPS) is 16.3. The van der Waals surface area contributed by atoms with E-state index < -0.39 is 0 Å². The zero-order chi connectivity index (χ0) is 12.7. The van der Waals surface area contributed by atoms with Gasteiger partial charge >= 0.3 is 0 Å². The molecule has 0 saturated carbocycles. The van der Waals surface area contributed by atoms with Crippen LogP contribution in [0.15, 0.2) is 36.2 Å². The maximum atomic E-state index is 11.7. The van der Waals surface area contributed by atoms with Crippen molar-refractivity contribution >= 4 is 39.8 Å². The molecule has 0 unspecified atom stereocenters. The molecule has 18 heavy (non-hydrogen) atoms. The molecule has 3 rings (SSSR count). The maximum absolute atomic E-state index is 11.7. The number of hydrogen-bond donors (Lipinski definition) is 2. The molecule has 0 spiro atoms. The number of aromatic nitrogens is 1. The number of nitrogens with one attached hydrogen (secondary N) is 2. The predicted molar refractivity (Wildman–Crippen MR) is 72.8 cm³/mol. The summed E-state index contributed by atoms with van der Waals surface area (Å²) < 4.78 is 0. The van der Waals surface area contributed by atoms with Gasteiger partial charge in [-0.3, -0.25) is 9.78 Å². The van der Waals surface area contributed by atoms with E-state index in [-0.39, 0.29) is 5.91 Å². The number of carbonyl (C=O) groups is 1. The first-order chi connectivity index (χ1) is 8.70. The van der Waals surface area contributed by atoms with Crippen LogP contribution in [0.5, 0.6) is 0 Å². The molecule has 0 aliphatic carbocycles. The van der Waals surface area contributed by atoms with Gasteiger partial charge in [-0.15, -0.1) is 0 Å². The Labute approximate surface area is 109 Å². The summed E-state index contributed by atoms with van der Waals surface area (Å²) in [5.41, 5.74) is 2.57. The van der Waals surface area contributed by atoms with Crippen molar-refractivity contribution in [2.75, 3.05) is 10.6 Å². The van der Waals surface area contributed by atoms with Crippen molar-refractivity contribution in [1.82, 2.24) is 4.98 Å². The zero-order valence-corrected chi connectivity index (χ0v) is 10.4. The Morgan fingerprint density at radius 3 is 3.00 bits per heavy atom. The Morgan fingerprint density at radius 1 is 1.39 bits per heavy atom. The van der Waals surface area contributed by atoms with Gasteiger partial charge in [0.05, 0.1) is 21.9 Å². The molecule has 1 aliphatic rings. The third-order valence-corrected chi connectivity index (χ3v) is 3.24. The topological polar surface area (TPSA) is 54.0 Å². The van der Waals surface area contributed by atoms with Crippen LogP contribution in [0.4, 0.5) is 11.4 Å². The molecule has 2 aromatic rings. The highest BCUT2D eigenvalue weighted by molar-refractivity contribution is 6.39. The number of anilines is 2. The number of fused-ring (bicyclic) bond motifs is 2. The lowest BCUT2D eigenvalue weighted by atomic mass is 10.1. The van der Waals surface area contributed by atoms with E-state index in [9.17, 15) is 4.79 Å². The summed E-state index contributed by atoms with van der Waals surface area (Å²) in [7, 11) is 0. The fraction of sp³-hybridized carbons (Fsp3) is 0.0769. The highest BCUT2D eigenvalue weighted by atomic mass is 35.5. The van der Waals surface area contributed by atoms with Gasteiger partial charge in [0.15, 0.2) is 0 Å². The van der Waals surface area contributed by atoms with Gasteiger partial charge in [0.1, 0.15) is 5.70 Å². The number of halogens is 1. The summed E-state index contributed by atoms with van der Waals surface area (Å²) in [6, 6.07) is 5.60. The molecule has 1 aromatic heterocycles. The van der Waals surface area contributed by atoms with Gasteiger partial charge < -0.3 is 10.6 Å². The van der Waals surface area contributed by atoms with Crippen molar-refractivity contribution < 1.29 is 4.79 Å². The number of allylic oxidation sites excluding steroid dienone is 1. The van der Waals surface area contributed by atoms with Crippen molar-refractivity contribution in [3.05, 3.63) is 41.2 Å². The van der Waals surface area contributed by atoms with Crippen molar-refractivity contribution in [2.45, 2.75) is 6.92 Å². The van der Waals surface area contributed by atoms with Crippen LogP contribution in [-0.2, 0) is 4.79 Å². The molecule has 1 aliphatic heterocycles. The highest BCUT2D eigenvalue weighted by Gasteiger charge is 2.22. The fourth-order valence-electron chi connectivity index (χ4n) is 1.99. The first-order valence-electron chi connectivity index (χ1n) is 5.52. The lowest BCUT2D eigenvalue weighted by Crippen LogP contribution is -2.25. The molecular weight excluding hydrogens is 250 g/mol. The summed E-state index contributed by atoms with van der Waals surface area (Å²) >= 11 is 6.33. The van der Waals surface area contributed by atoms with Gasteiger partial charge in [-0.25, -0.2) is 0 Å². The van der Waals surface area contributed by atoms with E-state index in [2.05, 4.69) is 15.6 Å². The molecule has 0 saturated heterocycles. The number of hydrogen-bond acceptors (Lipinski definition) is 3. The Kier molecular flexibility index (Phi) is 2.45. The summed E-state index contributed by atoms with van der Waals surface area (Å²) in [5, 5.41) is 7.26. The molecule has 1 amide bonds. The van der Waals surface area contributed by atoms with E-state index in [1.165, 1.54) is 0 Å². The van der Waals surface area contributed by atoms with E-state index in [0.717, 1.165) is 10.9 Å². The van der Waals surface area contributed by atoms with Crippen LogP contribution < -0.4 is 10.6 Å². The number of pyridine rings is 1. The smallest absolute Gasteiger partial charge is 0.271 e. The van der Waals surface area contributed by atoms with Crippen molar-refractivity contribution in [3.8, 4) is 0 Å². The second-order valence-electron chi connectivity index (χ2n) is 3.97. The van der Waals surface area contributed by atoms with E-state index in [0.29, 0.717) is 22.1 Å². The number of amides is 1. The summed E-state index contributed by atoms with van der Waals surface area (Å²) in [6.07, 6.45) is 3.40. The zero-order valence-electron chi connectivity index (χ0n) is 9.62. The largest absolute Gasteiger partial charge is 0.348 e. The summed E-state index contributed by atoms with van der Waals surface area (Å²) in [5.74, 6) is -0.163. The SMILES string of the molecule is C/C=C1/Nc2c(cc3cccnc3c2Cl)NC1=O. The van der Waals surface area contributed by atoms with Crippen LogP contribution in [0.1, 0.15) is 6.92 Å². The predicted octanol–water partition coefficient (Wildman–Crippen LogP) is 3.16. The average molecular weight is 260 g/mol. The summed E-state index contributed by atoms with van der Waals surface area (Å²) in [6.45, 7) is 1.79. The molecule has 2 heterocycles. The van der Waals surface area contributed by atoms with Crippen LogP contribution in [0.2, 0.25) is 5.02 Å². The van der Waals surface area contributed by atoms with E-state index in [4.69, 9.17) is 11.6 Å². The van der Waals surface area contributed by atoms with Crippen LogP contribution in [0.3, 0.4) is 0 Å². The number of carbonyl (C=O) groups excluding carboxylic acids is 1. The Hall–Kier alpha value is -2.07. The Balaban J connectivity index is 2.29.